The fourth-order valence-corrected chi connectivity index (χ4v) is 4.81. The average Bonchev–Trinajstić information content (AvgIpc) is 3.25. The van der Waals surface area contributed by atoms with Crippen LogP contribution in [-0.2, 0) is 11.3 Å². The standard InChI is InChI=1S/C26H32N2OS/c1-5-9-21-14-15-28(18-20(21)6-2)26(29)17-27-16-22-10-7-8-11-23(22)25-13-12-24(30-25)19(3)4/h5-13,19,27H,2,14-18H2,1,3-4H3/b9-5-. The van der Waals surface area contributed by atoms with E-state index in [1.54, 1.807) is 0 Å². The van der Waals surface area contributed by atoms with E-state index in [0.717, 1.165) is 18.5 Å². The number of nitrogens with zero attached hydrogens (tertiary/aromatic N) is 1. The highest BCUT2D eigenvalue weighted by Crippen LogP contribution is 2.33. The van der Waals surface area contributed by atoms with Crippen molar-refractivity contribution in [2.75, 3.05) is 19.6 Å². The quantitative estimate of drug-likeness (QED) is 0.575. The zero-order chi connectivity index (χ0) is 21.5. The Morgan fingerprint density at radius 1 is 1.23 bits per heavy atom. The largest absolute Gasteiger partial charge is 0.337 e. The van der Waals surface area contributed by atoms with Crippen LogP contribution in [-0.4, -0.2) is 30.4 Å². The van der Waals surface area contributed by atoms with E-state index < -0.39 is 0 Å². The second kappa shape index (κ2) is 10.6. The highest BCUT2D eigenvalue weighted by Gasteiger charge is 2.20. The predicted molar refractivity (Wildman–Crippen MR) is 129 cm³/mol. The van der Waals surface area contributed by atoms with Crippen molar-refractivity contribution in [1.29, 1.82) is 0 Å². The molecule has 0 atom stereocenters. The van der Waals surface area contributed by atoms with Gasteiger partial charge in [0, 0.05) is 29.4 Å². The SMILES string of the molecule is C=CC1=C(/C=C\C)CCN(C(=O)CNCc2ccccc2-c2ccc(C(C)C)s2)C1. The van der Waals surface area contributed by atoms with Gasteiger partial charge in [-0.05, 0) is 53.7 Å². The van der Waals surface area contributed by atoms with Crippen molar-refractivity contribution in [2.45, 2.75) is 39.7 Å². The summed E-state index contributed by atoms with van der Waals surface area (Å²) in [6, 6.07) is 12.9. The average molecular weight is 421 g/mol. The van der Waals surface area contributed by atoms with Gasteiger partial charge >= 0.3 is 0 Å². The molecule has 0 spiro atoms. The molecule has 3 nitrogen and oxygen atoms in total. The molecular formula is C26H32N2OS. The van der Waals surface area contributed by atoms with Crippen LogP contribution in [0, 0.1) is 0 Å². The van der Waals surface area contributed by atoms with Crippen LogP contribution in [0.3, 0.4) is 0 Å². The van der Waals surface area contributed by atoms with Crippen molar-refractivity contribution in [3.8, 4) is 10.4 Å². The highest BCUT2D eigenvalue weighted by atomic mass is 32.1. The van der Waals surface area contributed by atoms with E-state index >= 15 is 0 Å². The fraction of sp³-hybridized carbons (Fsp3) is 0.346. The number of hydrogen-bond donors (Lipinski definition) is 1. The van der Waals surface area contributed by atoms with Gasteiger partial charge in [0.15, 0.2) is 0 Å². The third-order valence-electron chi connectivity index (χ3n) is 5.46. The van der Waals surface area contributed by atoms with Crippen molar-refractivity contribution >= 4 is 17.2 Å². The van der Waals surface area contributed by atoms with Crippen LogP contribution in [0.15, 0.2) is 72.4 Å². The van der Waals surface area contributed by atoms with E-state index in [2.05, 4.69) is 68.2 Å². The lowest BCUT2D eigenvalue weighted by Crippen LogP contribution is -2.41. The van der Waals surface area contributed by atoms with Gasteiger partial charge in [-0.15, -0.1) is 11.3 Å². The van der Waals surface area contributed by atoms with Crippen LogP contribution < -0.4 is 5.32 Å². The van der Waals surface area contributed by atoms with Crippen LogP contribution >= 0.6 is 11.3 Å². The molecule has 1 aromatic carbocycles. The normalized spacial score (nSPS) is 14.7. The Kier molecular flexibility index (Phi) is 7.83. The van der Waals surface area contributed by atoms with Crippen molar-refractivity contribution in [1.82, 2.24) is 10.2 Å². The summed E-state index contributed by atoms with van der Waals surface area (Å²) < 4.78 is 0. The van der Waals surface area contributed by atoms with Crippen LogP contribution in [0.25, 0.3) is 10.4 Å². The first kappa shape index (κ1) is 22.3. The Hall–Kier alpha value is -2.43. The third kappa shape index (κ3) is 5.38. The Labute approximate surface area is 184 Å². The summed E-state index contributed by atoms with van der Waals surface area (Å²) in [6.45, 7) is 12.8. The molecular weight excluding hydrogens is 388 g/mol. The van der Waals surface area contributed by atoms with E-state index in [1.165, 1.54) is 26.5 Å². The first-order valence-electron chi connectivity index (χ1n) is 10.7. The summed E-state index contributed by atoms with van der Waals surface area (Å²) in [5.74, 6) is 0.684. The molecule has 1 N–H and O–H groups in total. The lowest BCUT2D eigenvalue weighted by molar-refractivity contribution is -0.130. The van der Waals surface area contributed by atoms with Gasteiger partial charge in [-0.1, -0.05) is 62.9 Å². The first-order valence-corrected chi connectivity index (χ1v) is 11.5. The minimum atomic E-state index is 0.143. The van der Waals surface area contributed by atoms with Crippen molar-refractivity contribution in [3.63, 3.8) is 0 Å². The van der Waals surface area contributed by atoms with Gasteiger partial charge in [0.2, 0.25) is 5.91 Å². The van der Waals surface area contributed by atoms with Gasteiger partial charge in [-0.25, -0.2) is 0 Å². The minimum Gasteiger partial charge on any atom is -0.337 e. The van der Waals surface area contributed by atoms with E-state index in [-0.39, 0.29) is 5.91 Å². The number of hydrogen-bond acceptors (Lipinski definition) is 3. The molecule has 0 bridgehead atoms. The Morgan fingerprint density at radius 3 is 2.73 bits per heavy atom. The Bertz CT molecular complexity index is 951. The van der Waals surface area contributed by atoms with Crippen molar-refractivity contribution in [2.24, 2.45) is 0 Å². The molecule has 1 aliphatic heterocycles. The molecule has 158 valence electrons. The summed E-state index contributed by atoms with van der Waals surface area (Å²) in [6.07, 6.45) is 6.94. The fourth-order valence-electron chi connectivity index (χ4n) is 3.74. The maximum absolute atomic E-state index is 12.7. The number of carbonyl (C=O) groups is 1. The second-order valence-electron chi connectivity index (χ2n) is 7.94. The van der Waals surface area contributed by atoms with Gasteiger partial charge in [0.25, 0.3) is 0 Å². The minimum absolute atomic E-state index is 0.143. The molecule has 1 amide bonds. The number of nitrogens with one attached hydrogen (secondary N) is 1. The number of amides is 1. The molecule has 2 aromatic rings. The first-order chi connectivity index (χ1) is 14.5. The summed E-state index contributed by atoms with van der Waals surface area (Å²) >= 11 is 1.85. The predicted octanol–water partition coefficient (Wildman–Crippen LogP) is 5.92. The monoisotopic (exact) mass is 420 g/mol. The molecule has 1 aliphatic rings. The van der Waals surface area contributed by atoms with Crippen LogP contribution in [0.4, 0.5) is 0 Å². The van der Waals surface area contributed by atoms with Crippen molar-refractivity contribution in [3.05, 3.63) is 82.8 Å². The lowest BCUT2D eigenvalue weighted by Gasteiger charge is -2.29. The summed E-state index contributed by atoms with van der Waals surface area (Å²) in [5.41, 5.74) is 4.91. The smallest absolute Gasteiger partial charge is 0.236 e. The number of benzene rings is 1. The van der Waals surface area contributed by atoms with Gasteiger partial charge in [0.05, 0.1) is 6.54 Å². The number of rotatable bonds is 8. The molecule has 0 fully saturated rings. The zero-order valence-corrected chi connectivity index (χ0v) is 19.1. The molecule has 0 saturated carbocycles. The molecule has 0 radical (unpaired) electrons. The summed E-state index contributed by atoms with van der Waals surface area (Å²) in [7, 11) is 0. The number of thiophene rings is 1. The highest BCUT2D eigenvalue weighted by molar-refractivity contribution is 7.15. The van der Waals surface area contributed by atoms with Crippen LogP contribution in [0.5, 0.6) is 0 Å². The van der Waals surface area contributed by atoms with E-state index in [1.807, 2.05) is 35.3 Å². The summed E-state index contributed by atoms with van der Waals surface area (Å²) in [4.78, 5) is 17.4. The molecule has 30 heavy (non-hydrogen) atoms. The van der Waals surface area contributed by atoms with E-state index in [4.69, 9.17) is 0 Å². The molecule has 0 aliphatic carbocycles. The van der Waals surface area contributed by atoms with Gasteiger partial charge in [0.1, 0.15) is 0 Å². The maximum atomic E-state index is 12.7. The number of allylic oxidation sites excluding steroid dienone is 2. The molecule has 2 heterocycles. The summed E-state index contributed by atoms with van der Waals surface area (Å²) in [5, 5.41) is 3.37. The Morgan fingerprint density at radius 2 is 2.03 bits per heavy atom. The van der Waals surface area contributed by atoms with Gasteiger partial charge in [-0.2, -0.15) is 0 Å². The molecule has 4 heteroatoms. The Balaban J connectivity index is 1.61. The third-order valence-corrected chi connectivity index (χ3v) is 6.88. The van der Waals surface area contributed by atoms with Crippen molar-refractivity contribution < 1.29 is 4.79 Å². The molecule has 3 rings (SSSR count). The lowest BCUT2D eigenvalue weighted by atomic mass is 9.99. The maximum Gasteiger partial charge on any atom is 0.236 e. The van der Waals surface area contributed by atoms with E-state index in [9.17, 15) is 4.79 Å². The van der Waals surface area contributed by atoms with Gasteiger partial charge < -0.3 is 10.2 Å². The molecule has 0 saturated heterocycles. The van der Waals surface area contributed by atoms with Crippen LogP contribution in [0.2, 0.25) is 0 Å². The van der Waals surface area contributed by atoms with Crippen LogP contribution in [0.1, 0.15) is 43.6 Å². The topological polar surface area (TPSA) is 32.3 Å². The molecule has 0 unspecified atom stereocenters. The van der Waals surface area contributed by atoms with E-state index in [0.29, 0.717) is 25.6 Å². The van der Waals surface area contributed by atoms with Gasteiger partial charge in [-0.3, -0.25) is 4.79 Å². The number of carbonyl (C=O) groups excluding carboxylic acids is 1. The molecule has 1 aromatic heterocycles. The second-order valence-corrected chi connectivity index (χ2v) is 9.05. The zero-order valence-electron chi connectivity index (χ0n) is 18.3.